The zero-order valence-electron chi connectivity index (χ0n) is 16.3. The number of nitrogens with zero attached hydrogens (tertiary/aromatic N) is 2. The van der Waals surface area contributed by atoms with Crippen molar-refractivity contribution in [2.24, 2.45) is 5.92 Å². The fraction of sp³-hybridized carbons (Fsp3) is 0.348. The number of aryl methyl sites for hydroxylation is 1. The predicted octanol–water partition coefficient (Wildman–Crippen LogP) is 3.86. The molecule has 4 rings (SSSR count). The van der Waals surface area contributed by atoms with Crippen molar-refractivity contribution < 1.29 is 4.79 Å². The molecule has 0 aliphatic heterocycles. The molecule has 1 atom stereocenters. The molecule has 1 amide bonds. The molecule has 2 aromatic carbocycles. The van der Waals surface area contributed by atoms with Crippen LogP contribution in [0.15, 0.2) is 53.3 Å². The molecule has 1 aliphatic rings. The van der Waals surface area contributed by atoms with E-state index in [9.17, 15) is 9.59 Å². The normalized spacial score (nSPS) is 16.2. The molecule has 1 aromatic heterocycles. The monoisotopic (exact) mass is 375 g/mol. The first kappa shape index (κ1) is 18.4. The van der Waals surface area contributed by atoms with Gasteiger partial charge in [0, 0.05) is 11.9 Å². The molecule has 1 N–H and O–H groups in total. The van der Waals surface area contributed by atoms with E-state index in [0.29, 0.717) is 23.0 Å². The summed E-state index contributed by atoms with van der Waals surface area (Å²) < 4.78 is 1.43. The van der Waals surface area contributed by atoms with Gasteiger partial charge in [-0.05, 0) is 42.4 Å². The summed E-state index contributed by atoms with van der Waals surface area (Å²) in [4.78, 5) is 26.0. The fourth-order valence-electron chi connectivity index (χ4n) is 4.00. The minimum Gasteiger partial charge on any atom is -0.344 e. The van der Waals surface area contributed by atoms with Gasteiger partial charge < -0.3 is 5.32 Å². The van der Waals surface area contributed by atoms with E-state index in [1.54, 1.807) is 12.1 Å². The second-order valence-corrected chi connectivity index (χ2v) is 7.89. The summed E-state index contributed by atoms with van der Waals surface area (Å²) in [6.45, 7) is 4.54. The molecule has 28 heavy (non-hydrogen) atoms. The van der Waals surface area contributed by atoms with Crippen molar-refractivity contribution in [3.8, 4) is 0 Å². The van der Waals surface area contributed by atoms with Gasteiger partial charge in [-0.15, -0.1) is 0 Å². The molecule has 0 saturated carbocycles. The maximum atomic E-state index is 13.2. The number of amides is 1. The highest BCUT2D eigenvalue weighted by Gasteiger charge is 2.24. The number of carbonyl (C=O) groups is 1. The van der Waals surface area contributed by atoms with Crippen molar-refractivity contribution in [3.05, 3.63) is 75.7 Å². The van der Waals surface area contributed by atoms with Crippen LogP contribution in [0.4, 0.5) is 0 Å². The standard InChI is InChI=1S/C23H25N3O2/c1-15(2)14-26-23(28)19-12-6-5-11-18(19)21(25-26)22(27)24-20-13-7-9-16-8-3-4-10-17(16)20/h3-6,8,10-12,15,20H,7,9,13-14H2,1-2H3,(H,24,27)/t20-/m0/s1. The van der Waals surface area contributed by atoms with Crippen molar-refractivity contribution in [2.45, 2.75) is 45.7 Å². The molecule has 1 heterocycles. The molecule has 0 fully saturated rings. The van der Waals surface area contributed by atoms with Gasteiger partial charge in [-0.1, -0.05) is 56.3 Å². The summed E-state index contributed by atoms with van der Waals surface area (Å²) in [5, 5.41) is 8.76. The van der Waals surface area contributed by atoms with Crippen LogP contribution < -0.4 is 10.9 Å². The van der Waals surface area contributed by atoms with Crippen LogP contribution in [-0.4, -0.2) is 15.7 Å². The molecule has 1 aliphatic carbocycles. The van der Waals surface area contributed by atoms with Crippen LogP contribution >= 0.6 is 0 Å². The van der Waals surface area contributed by atoms with Gasteiger partial charge in [0.2, 0.25) is 0 Å². The van der Waals surface area contributed by atoms with E-state index in [4.69, 9.17) is 0 Å². The highest BCUT2D eigenvalue weighted by molar-refractivity contribution is 6.04. The van der Waals surface area contributed by atoms with Gasteiger partial charge in [-0.25, -0.2) is 4.68 Å². The number of benzene rings is 2. The summed E-state index contributed by atoms with van der Waals surface area (Å²) in [6.07, 6.45) is 3.00. The number of carbonyl (C=O) groups excluding carboxylic acids is 1. The molecule has 0 spiro atoms. The van der Waals surface area contributed by atoms with E-state index in [1.165, 1.54) is 15.8 Å². The van der Waals surface area contributed by atoms with Crippen LogP contribution in [0.3, 0.4) is 0 Å². The number of aromatic nitrogens is 2. The van der Waals surface area contributed by atoms with Gasteiger partial charge in [0.25, 0.3) is 11.5 Å². The quantitative estimate of drug-likeness (QED) is 0.753. The Labute approximate surface area is 164 Å². The van der Waals surface area contributed by atoms with E-state index in [-0.39, 0.29) is 23.4 Å². The molecular formula is C23H25N3O2. The lowest BCUT2D eigenvalue weighted by atomic mass is 9.87. The SMILES string of the molecule is CC(C)Cn1nc(C(=O)N[C@H]2CCCc3ccccc32)c2ccccc2c1=O. The predicted molar refractivity (Wildman–Crippen MR) is 110 cm³/mol. The first-order valence-electron chi connectivity index (χ1n) is 9.93. The Morgan fingerprint density at radius 3 is 2.64 bits per heavy atom. The van der Waals surface area contributed by atoms with E-state index >= 15 is 0 Å². The number of fused-ring (bicyclic) bond motifs is 2. The minimum absolute atomic E-state index is 0.0245. The molecule has 144 valence electrons. The first-order chi connectivity index (χ1) is 13.5. The first-order valence-corrected chi connectivity index (χ1v) is 9.93. The smallest absolute Gasteiger partial charge is 0.274 e. The maximum Gasteiger partial charge on any atom is 0.274 e. The fourth-order valence-corrected chi connectivity index (χ4v) is 4.00. The average Bonchev–Trinajstić information content (AvgIpc) is 2.70. The average molecular weight is 375 g/mol. The van der Waals surface area contributed by atoms with Crippen molar-refractivity contribution in [1.29, 1.82) is 0 Å². The Hall–Kier alpha value is -2.95. The number of nitrogens with one attached hydrogen (secondary N) is 1. The van der Waals surface area contributed by atoms with Crippen LogP contribution in [0, 0.1) is 5.92 Å². The third-order valence-corrected chi connectivity index (χ3v) is 5.30. The highest BCUT2D eigenvalue weighted by Crippen LogP contribution is 2.29. The summed E-state index contributed by atoms with van der Waals surface area (Å²) in [5.74, 6) is 0.0305. The third kappa shape index (κ3) is 3.44. The van der Waals surface area contributed by atoms with Crippen molar-refractivity contribution >= 4 is 16.7 Å². The second-order valence-electron chi connectivity index (χ2n) is 7.89. The van der Waals surface area contributed by atoms with E-state index in [2.05, 4.69) is 22.5 Å². The molecule has 5 nitrogen and oxygen atoms in total. The summed E-state index contributed by atoms with van der Waals surface area (Å²) in [6, 6.07) is 15.5. The van der Waals surface area contributed by atoms with Crippen LogP contribution in [0.1, 0.15) is 54.3 Å². The lowest BCUT2D eigenvalue weighted by molar-refractivity contribution is 0.0927. The van der Waals surface area contributed by atoms with E-state index in [1.807, 2.05) is 38.1 Å². The maximum absolute atomic E-state index is 13.2. The van der Waals surface area contributed by atoms with E-state index < -0.39 is 0 Å². The number of rotatable bonds is 4. The minimum atomic E-state index is -0.226. The van der Waals surface area contributed by atoms with Crippen LogP contribution in [-0.2, 0) is 13.0 Å². The number of hydrogen-bond donors (Lipinski definition) is 1. The Bertz CT molecular complexity index is 1080. The Balaban J connectivity index is 1.74. The van der Waals surface area contributed by atoms with Crippen LogP contribution in [0.2, 0.25) is 0 Å². The molecule has 3 aromatic rings. The Kier molecular flexibility index (Phi) is 4.99. The van der Waals surface area contributed by atoms with Gasteiger partial charge in [-0.3, -0.25) is 9.59 Å². The van der Waals surface area contributed by atoms with Crippen molar-refractivity contribution in [3.63, 3.8) is 0 Å². The van der Waals surface area contributed by atoms with Gasteiger partial charge in [0.15, 0.2) is 5.69 Å². The lowest BCUT2D eigenvalue weighted by Crippen LogP contribution is -2.34. The summed E-state index contributed by atoms with van der Waals surface area (Å²) in [5.41, 5.74) is 2.64. The molecule has 0 bridgehead atoms. The van der Waals surface area contributed by atoms with Crippen molar-refractivity contribution in [2.75, 3.05) is 0 Å². The molecule has 0 saturated heterocycles. The van der Waals surface area contributed by atoms with Crippen molar-refractivity contribution in [1.82, 2.24) is 15.1 Å². The van der Waals surface area contributed by atoms with Gasteiger partial charge in [-0.2, -0.15) is 5.10 Å². The van der Waals surface area contributed by atoms with Gasteiger partial charge >= 0.3 is 0 Å². The topological polar surface area (TPSA) is 64.0 Å². The summed E-state index contributed by atoms with van der Waals surface area (Å²) >= 11 is 0. The zero-order chi connectivity index (χ0) is 19.7. The largest absolute Gasteiger partial charge is 0.344 e. The van der Waals surface area contributed by atoms with E-state index in [0.717, 1.165) is 19.3 Å². The molecule has 0 unspecified atom stereocenters. The number of hydrogen-bond acceptors (Lipinski definition) is 3. The molecule has 0 radical (unpaired) electrons. The van der Waals surface area contributed by atoms with Crippen LogP contribution in [0.5, 0.6) is 0 Å². The van der Waals surface area contributed by atoms with Gasteiger partial charge in [0.1, 0.15) is 0 Å². The highest BCUT2D eigenvalue weighted by atomic mass is 16.2. The molecule has 5 heteroatoms. The Morgan fingerprint density at radius 2 is 1.86 bits per heavy atom. The zero-order valence-corrected chi connectivity index (χ0v) is 16.3. The summed E-state index contributed by atoms with van der Waals surface area (Å²) in [7, 11) is 0. The van der Waals surface area contributed by atoms with Crippen LogP contribution in [0.25, 0.3) is 10.8 Å². The molecular weight excluding hydrogens is 350 g/mol. The third-order valence-electron chi connectivity index (χ3n) is 5.30. The second kappa shape index (κ2) is 7.58. The lowest BCUT2D eigenvalue weighted by Gasteiger charge is -2.26. The Morgan fingerprint density at radius 1 is 1.14 bits per heavy atom. The van der Waals surface area contributed by atoms with Gasteiger partial charge in [0.05, 0.1) is 11.4 Å².